The third kappa shape index (κ3) is 6.03. The average molecular weight is 617 g/mol. The lowest BCUT2D eigenvalue weighted by Gasteiger charge is -2.20. The van der Waals surface area contributed by atoms with E-state index in [2.05, 4.69) is 15.6 Å². The predicted octanol–water partition coefficient (Wildman–Crippen LogP) is 3.50. The number of hydrogen-bond donors (Lipinski definition) is 3. The van der Waals surface area contributed by atoms with Gasteiger partial charge in [-0.25, -0.2) is 9.97 Å². The van der Waals surface area contributed by atoms with E-state index in [9.17, 15) is 19.5 Å². The highest BCUT2D eigenvalue weighted by atomic mass is 35.5. The highest BCUT2D eigenvalue weighted by Crippen LogP contribution is 2.37. The second kappa shape index (κ2) is 12.7. The van der Waals surface area contributed by atoms with Crippen molar-refractivity contribution in [1.82, 2.24) is 29.9 Å². The van der Waals surface area contributed by atoms with E-state index in [1.54, 1.807) is 13.3 Å². The molecule has 0 aliphatic carbocycles. The van der Waals surface area contributed by atoms with Gasteiger partial charge in [0.2, 0.25) is 11.8 Å². The van der Waals surface area contributed by atoms with Gasteiger partial charge in [-0.3, -0.25) is 23.7 Å². The molecule has 228 valence electrons. The molecule has 2 saturated heterocycles. The van der Waals surface area contributed by atoms with E-state index < -0.39 is 12.0 Å². The smallest absolute Gasteiger partial charge is 0.320 e. The zero-order chi connectivity index (χ0) is 30.8. The first-order valence-corrected chi connectivity index (χ1v) is 15.0. The molecule has 11 nitrogen and oxygen atoms in total. The number of aliphatic carboxylic acids is 1. The highest BCUT2D eigenvalue weighted by Gasteiger charge is 2.31. The molecule has 12 heteroatoms. The van der Waals surface area contributed by atoms with Crippen LogP contribution in [0.25, 0.3) is 28.0 Å². The van der Waals surface area contributed by atoms with Gasteiger partial charge in [-0.2, -0.15) is 0 Å². The lowest BCUT2D eigenvalue weighted by molar-refractivity contribution is -0.142. The zero-order valence-corrected chi connectivity index (χ0v) is 25.0. The van der Waals surface area contributed by atoms with Gasteiger partial charge in [-0.05, 0) is 49.6 Å². The van der Waals surface area contributed by atoms with E-state index in [0.717, 1.165) is 35.1 Å². The van der Waals surface area contributed by atoms with Crippen LogP contribution in [0.4, 0.5) is 0 Å². The number of carbonyl (C=O) groups excluding carboxylic acids is 1. The molecule has 3 N–H and O–H groups in total. The van der Waals surface area contributed by atoms with Crippen LogP contribution < -0.4 is 20.9 Å². The first kappa shape index (κ1) is 29.7. The fraction of sp³-hybridized carbons (Fsp3) is 0.344. The predicted molar refractivity (Wildman–Crippen MR) is 166 cm³/mol. The van der Waals surface area contributed by atoms with Gasteiger partial charge in [0, 0.05) is 61.2 Å². The molecule has 0 spiro atoms. The van der Waals surface area contributed by atoms with Crippen molar-refractivity contribution in [1.29, 1.82) is 0 Å². The fourth-order valence-electron chi connectivity index (χ4n) is 6.00. The normalized spacial score (nSPS) is 18.5. The summed E-state index contributed by atoms with van der Waals surface area (Å²) in [6, 6.07) is 12.7. The van der Waals surface area contributed by atoms with E-state index in [1.807, 2.05) is 47.4 Å². The summed E-state index contributed by atoms with van der Waals surface area (Å²) in [5, 5.41) is 16.3. The van der Waals surface area contributed by atoms with Gasteiger partial charge in [0.15, 0.2) is 0 Å². The van der Waals surface area contributed by atoms with Crippen LogP contribution in [0.2, 0.25) is 5.02 Å². The molecular weight excluding hydrogens is 584 g/mol. The molecule has 6 rings (SSSR count). The van der Waals surface area contributed by atoms with Crippen molar-refractivity contribution < 1.29 is 19.4 Å². The molecule has 5 heterocycles. The second-order valence-electron chi connectivity index (χ2n) is 11.2. The molecule has 2 fully saturated rings. The first-order chi connectivity index (χ1) is 21.3. The van der Waals surface area contributed by atoms with Crippen molar-refractivity contribution in [3.63, 3.8) is 0 Å². The van der Waals surface area contributed by atoms with E-state index in [1.165, 1.54) is 10.6 Å². The van der Waals surface area contributed by atoms with Gasteiger partial charge >= 0.3 is 5.97 Å². The van der Waals surface area contributed by atoms with Crippen molar-refractivity contribution in [2.75, 3.05) is 20.2 Å². The summed E-state index contributed by atoms with van der Waals surface area (Å²) in [6.45, 7) is 2.09. The second-order valence-corrected chi connectivity index (χ2v) is 11.5. The molecule has 1 amide bonds. The van der Waals surface area contributed by atoms with Gasteiger partial charge < -0.3 is 20.5 Å². The Hall–Kier alpha value is -4.32. The Kier molecular flexibility index (Phi) is 8.60. The summed E-state index contributed by atoms with van der Waals surface area (Å²) in [4.78, 5) is 47.4. The zero-order valence-electron chi connectivity index (χ0n) is 24.3. The molecule has 2 aliphatic rings. The molecule has 0 saturated carbocycles. The number of likely N-dealkylation sites (tertiary alicyclic amines) is 1. The number of ether oxygens (including phenoxy) is 1. The van der Waals surface area contributed by atoms with Crippen molar-refractivity contribution in [3.05, 3.63) is 81.4 Å². The summed E-state index contributed by atoms with van der Waals surface area (Å²) < 4.78 is 7.07. The number of nitrogens with one attached hydrogen (secondary N) is 2. The molecule has 2 atom stereocenters. The number of halogens is 1. The van der Waals surface area contributed by atoms with Crippen LogP contribution in [-0.2, 0) is 22.7 Å². The van der Waals surface area contributed by atoms with Gasteiger partial charge in [0.25, 0.3) is 5.56 Å². The highest BCUT2D eigenvalue weighted by molar-refractivity contribution is 6.36. The topological polar surface area (TPSA) is 138 Å². The molecule has 0 radical (unpaired) electrons. The van der Waals surface area contributed by atoms with Crippen molar-refractivity contribution in [2.45, 2.75) is 50.9 Å². The first-order valence-electron chi connectivity index (χ1n) is 14.6. The molecule has 2 aliphatic heterocycles. The van der Waals surface area contributed by atoms with E-state index in [-0.39, 0.29) is 24.1 Å². The minimum Gasteiger partial charge on any atom is -0.481 e. The number of amides is 1. The summed E-state index contributed by atoms with van der Waals surface area (Å²) in [7, 11) is 1.58. The molecular formula is C32H33ClN6O5. The SMILES string of the molecule is COc1nc(-c2cccc(-c3ccn4c(=O)c(CN5CCC[C@H]5C(=O)O)cnc4c3)c2Cl)ccc1CNC[C@@H]1CCC(=O)N1. The number of rotatable bonds is 10. The fourth-order valence-corrected chi connectivity index (χ4v) is 6.33. The van der Waals surface area contributed by atoms with Crippen molar-refractivity contribution in [2.24, 2.45) is 0 Å². The van der Waals surface area contributed by atoms with Crippen LogP contribution in [0, 0.1) is 0 Å². The minimum atomic E-state index is -0.867. The van der Waals surface area contributed by atoms with Crippen LogP contribution >= 0.6 is 11.6 Å². The standard InChI is InChI=1S/C32H33ClN6O5/c1-44-30-20(15-34-17-22-8-10-28(40)36-22)7-9-25(37-30)24-5-2-4-23(29(24)33)19-11-13-39-27(14-19)35-16-21(31(39)41)18-38-12-3-6-26(38)32(42)43/h2,4-5,7,9,11,13-14,16,22,26,34H,3,6,8,10,12,15,17-18H2,1H3,(H,36,40)(H,42,43)/t22-,26-/m0/s1. The lowest BCUT2D eigenvalue weighted by atomic mass is 10.0. The number of carbonyl (C=O) groups is 2. The molecule has 3 aromatic heterocycles. The van der Waals surface area contributed by atoms with Gasteiger partial charge in [-0.15, -0.1) is 0 Å². The number of methoxy groups -OCH3 is 1. The van der Waals surface area contributed by atoms with Crippen molar-refractivity contribution in [3.8, 4) is 28.3 Å². The average Bonchev–Trinajstić information content (AvgIpc) is 3.67. The third-order valence-corrected chi connectivity index (χ3v) is 8.72. The van der Waals surface area contributed by atoms with Gasteiger partial charge in [0.05, 0.1) is 23.4 Å². The summed E-state index contributed by atoms with van der Waals surface area (Å²) in [6.07, 6.45) is 5.96. The van der Waals surface area contributed by atoms with E-state index in [4.69, 9.17) is 21.3 Å². The molecule has 44 heavy (non-hydrogen) atoms. The quantitative estimate of drug-likeness (QED) is 0.244. The number of nitrogens with zero attached hydrogens (tertiary/aromatic N) is 4. The Balaban J connectivity index is 1.22. The maximum Gasteiger partial charge on any atom is 0.320 e. The van der Waals surface area contributed by atoms with Crippen LogP contribution in [0.3, 0.4) is 0 Å². The lowest BCUT2D eigenvalue weighted by Crippen LogP contribution is -2.37. The summed E-state index contributed by atoms with van der Waals surface area (Å²) >= 11 is 6.95. The number of aromatic nitrogens is 3. The number of fused-ring (bicyclic) bond motifs is 1. The molecule has 1 aromatic carbocycles. The molecule has 0 unspecified atom stereocenters. The van der Waals surface area contributed by atoms with Crippen LogP contribution in [0.15, 0.2) is 59.7 Å². The van der Waals surface area contributed by atoms with Gasteiger partial charge in [0.1, 0.15) is 11.7 Å². The Morgan fingerprint density at radius 1 is 1.16 bits per heavy atom. The van der Waals surface area contributed by atoms with E-state index in [0.29, 0.717) is 60.3 Å². The van der Waals surface area contributed by atoms with E-state index >= 15 is 0 Å². The summed E-state index contributed by atoms with van der Waals surface area (Å²) in [5.74, 6) is -0.290. The largest absolute Gasteiger partial charge is 0.481 e. The maximum absolute atomic E-state index is 13.3. The third-order valence-electron chi connectivity index (χ3n) is 8.31. The number of hydrogen-bond acceptors (Lipinski definition) is 8. The van der Waals surface area contributed by atoms with Crippen LogP contribution in [0.5, 0.6) is 5.88 Å². The van der Waals surface area contributed by atoms with Gasteiger partial charge in [-0.1, -0.05) is 35.9 Å². The molecule has 4 aromatic rings. The Morgan fingerprint density at radius 2 is 2.00 bits per heavy atom. The minimum absolute atomic E-state index is 0.0904. The Morgan fingerprint density at radius 3 is 2.77 bits per heavy atom. The number of pyridine rings is 2. The summed E-state index contributed by atoms with van der Waals surface area (Å²) in [5.41, 5.74) is 4.51. The number of carboxylic acids is 1. The van der Waals surface area contributed by atoms with Crippen LogP contribution in [0.1, 0.15) is 36.8 Å². The molecule has 0 bridgehead atoms. The number of carboxylic acid groups (broad SMARTS) is 1. The monoisotopic (exact) mass is 616 g/mol. The maximum atomic E-state index is 13.3. The Labute approximate surface area is 258 Å². The van der Waals surface area contributed by atoms with Crippen LogP contribution in [-0.4, -0.2) is 68.5 Å². The number of benzene rings is 1. The Bertz CT molecular complexity index is 1790. The van der Waals surface area contributed by atoms with Crippen molar-refractivity contribution >= 4 is 29.1 Å².